The largest absolute Gasteiger partial charge is 0.431 e. The van der Waals surface area contributed by atoms with Crippen molar-refractivity contribution in [2.45, 2.75) is 19.6 Å². The highest BCUT2D eigenvalue weighted by atomic mass is 19.4. The zero-order chi connectivity index (χ0) is 16.5. The number of alkyl halides is 3. The first kappa shape index (κ1) is 15.8. The number of carbonyl (C=O) groups is 1. The van der Waals surface area contributed by atoms with Gasteiger partial charge in [-0.25, -0.2) is 0 Å². The Kier molecular flexibility index (Phi) is 4.07. The van der Waals surface area contributed by atoms with Gasteiger partial charge in [0.25, 0.3) is 11.5 Å². The molecule has 0 bridgehead atoms. The summed E-state index contributed by atoms with van der Waals surface area (Å²) in [6.07, 6.45) is -4.71. The van der Waals surface area contributed by atoms with Crippen molar-refractivity contribution in [2.75, 3.05) is 0 Å². The van der Waals surface area contributed by atoms with E-state index in [0.717, 1.165) is 11.6 Å². The number of nitrogens with zero attached hydrogens (tertiary/aromatic N) is 1. The number of benzene rings is 1. The van der Waals surface area contributed by atoms with E-state index in [1.165, 1.54) is 0 Å². The first-order valence-corrected chi connectivity index (χ1v) is 6.36. The van der Waals surface area contributed by atoms with Crippen LogP contribution in [0.2, 0.25) is 0 Å². The van der Waals surface area contributed by atoms with Crippen LogP contribution < -0.4 is 11.3 Å². The molecule has 1 aromatic carbocycles. The van der Waals surface area contributed by atoms with E-state index in [1.54, 1.807) is 24.3 Å². The van der Waals surface area contributed by atoms with Crippen molar-refractivity contribution in [1.82, 2.24) is 4.57 Å². The molecule has 22 heavy (non-hydrogen) atoms. The van der Waals surface area contributed by atoms with E-state index in [4.69, 9.17) is 5.73 Å². The topological polar surface area (TPSA) is 65.1 Å². The Labute approximate surface area is 124 Å². The Balaban J connectivity index is 2.60. The van der Waals surface area contributed by atoms with Crippen LogP contribution in [0.25, 0.3) is 0 Å². The predicted molar refractivity (Wildman–Crippen MR) is 74.5 cm³/mol. The van der Waals surface area contributed by atoms with E-state index in [0.29, 0.717) is 16.2 Å². The van der Waals surface area contributed by atoms with Crippen molar-refractivity contribution in [1.29, 1.82) is 0 Å². The zero-order valence-electron chi connectivity index (χ0n) is 11.6. The summed E-state index contributed by atoms with van der Waals surface area (Å²) in [4.78, 5) is 23.3. The van der Waals surface area contributed by atoms with E-state index in [2.05, 4.69) is 0 Å². The zero-order valence-corrected chi connectivity index (χ0v) is 11.6. The summed E-state index contributed by atoms with van der Waals surface area (Å²) >= 11 is 0. The quantitative estimate of drug-likeness (QED) is 0.945. The Morgan fingerprint density at radius 3 is 2.23 bits per heavy atom. The molecule has 0 aliphatic rings. The van der Waals surface area contributed by atoms with Crippen molar-refractivity contribution in [3.63, 3.8) is 0 Å². The highest BCUT2D eigenvalue weighted by molar-refractivity contribution is 5.92. The van der Waals surface area contributed by atoms with Gasteiger partial charge < -0.3 is 5.73 Å². The molecule has 1 heterocycles. The molecule has 4 nitrogen and oxygen atoms in total. The van der Waals surface area contributed by atoms with Gasteiger partial charge in [0.1, 0.15) is 11.3 Å². The summed E-state index contributed by atoms with van der Waals surface area (Å²) in [6, 6.07) is 8.20. The third-order valence-electron chi connectivity index (χ3n) is 3.19. The van der Waals surface area contributed by atoms with Crippen molar-refractivity contribution in [3.05, 3.63) is 69.1 Å². The fraction of sp³-hybridized carbons (Fsp3) is 0.200. The van der Waals surface area contributed by atoms with Crippen LogP contribution in [-0.2, 0) is 12.7 Å². The Bertz CT molecular complexity index is 762. The van der Waals surface area contributed by atoms with E-state index in [-0.39, 0.29) is 6.54 Å². The molecule has 1 aromatic heterocycles. The molecule has 0 spiro atoms. The Morgan fingerprint density at radius 1 is 1.14 bits per heavy atom. The van der Waals surface area contributed by atoms with E-state index < -0.39 is 28.9 Å². The van der Waals surface area contributed by atoms with Crippen LogP contribution in [0.1, 0.15) is 27.2 Å². The van der Waals surface area contributed by atoms with Gasteiger partial charge in [0, 0.05) is 0 Å². The van der Waals surface area contributed by atoms with Gasteiger partial charge >= 0.3 is 6.18 Å². The molecule has 2 aromatic rings. The van der Waals surface area contributed by atoms with Gasteiger partial charge in [-0.1, -0.05) is 29.8 Å². The lowest BCUT2D eigenvalue weighted by molar-refractivity contribution is -0.144. The average molecular weight is 310 g/mol. The van der Waals surface area contributed by atoms with Crippen molar-refractivity contribution >= 4 is 5.91 Å². The molecule has 0 saturated carbocycles. The third kappa shape index (κ3) is 3.19. The number of hydrogen-bond donors (Lipinski definition) is 1. The molecule has 7 heteroatoms. The van der Waals surface area contributed by atoms with E-state index >= 15 is 0 Å². The number of nitrogens with two attached hydrogens (primary N) is 1. The lowest BCUT2D eigenvalue weighted by Gasteiger charge is -2.16. The average Bonchev–Trinajstić information content (AvgIpc) is 2.41. The number of primary amides is 1. The molecule has 2 N–H and O–H groups in total. The summed E-state index contributed by atoms with van der Waals surface area (Å²) in [6.45, 7) is 1.54. The van der Waals surface area contributed by atoms with Gasteiger partial charge in [-0.15, -0.1) is 0 Å². The van der Waals surface area contributed by atoms with Gasteiger partial charge in [0.15, 0.2) is 0 Å². The fourth-order valence-electron chi connectivity index (χ4n) is 2.05. The second-order valence-electron chi connectivity index (χ2n) is 4.87. The van der Waals surface area contributed by atoms with Crippen LogP contribution in [0.4, 0.5) is 13.2 Å². The molecule has 116 valence electrons. The first-order chi connectivity index (χ1) is 10.2. The number of pyridine rings is 1. The van der Waals surface area contributed by atoms with E-state index in [1.807, 2.05) is 6.92 Å². The maximum Gasteiger partial charge on any atom is 0.431 e. The number of aromatic nitrogens is 1. The number of halogens is 3. The van der Waals surface area contributed by atoms with E-state index in [9.17, 15) is 22.8 Å². The maximum absolute atomic E-state index is 13.1. The number of rotatable bonds is 3. The molecule has 0 fully saturated rings. The summed E-state index contributed by atoms with van der Waals surface area (Å²) in [5, 5.41) is 0. The van der Waals surface area contributed by atoms with Crippen LogP contribution in [0.3, 0.4) is 0 Å². The van der Waals surface area contributed by atoms with Crippen LogP contribution in [-0.4, -0.2) is 10.5 Å². The predicted octanol–water partition coefficient (Wildman–Crippen LogP) is 2.32. The van der Waals surface area contributed by atoms with Crippen molar-refractivity contribution < 1.29 is 18.0 Å². The molecular formula is C15H13F3N2O2. The molecule has 1 amide bonds. The number of aryl methyl sites for hydroxylation is 1. The summed E-state index contributed by atoms with van der Waals surface area (Å²) in [5.74, 6) is -1.06. The number of carbonyl (C=O) groups excluding carboxylic acids is 1. The molecule has 0 atom stereocenters. The van der Waals surface area contributed by atoms with Gasteiger partial charge in [-0.2, -0.15) is 13.2 Å². The molecule has 0 aliphatic carbocycles. The van der Waals surface area contributed by atoms with Gasteiger partial charge in [0.05, 0.1) is 6.54 Å². The van der Waals surface area contributed by atoms with Gasteiger partial charge in [0.2, 0.25) is 0 Å². The van der Waals surface area contributed by atoms with Crippen molar-refractivity contribution in [3.8, 4) is 0 Å². The summed E-state index contributed by atoms with van der Waals surface area (Å²) < 4.78 is 39.7. The third-order valence-corrected chi connectivity index (χ3v) is 3.19. The SMILES string of the molecule is Cc1ccc(Cn2c(C(F)(F)F)ccc(C(N)=O)c2=O)cc1. The normalized spacial score (nSPS) is 11.5. The summed E-state index contributed by atoms with van der Waals surface area (Å²) in [5.41, 5.74) is 3.83. The highest BCUT2D eigenvalue weighted by Gasteiger charge is 2.35. The molecular weight excluding hydrogens is 297 g/mol. The Morgan fingerprint density at radius 2 is 1.73 bits per heavy atom. The Hall–Kier alpha value is -2.57. The summed E-state index contributed by atoms with van der Waals surface area (Å²) in [7, 11) is 0. The van der Waals surface area contributed by atoms with Gasteiger partial charge in [-0.05, 0) is 24.6 Å². The highest BCUT2D eigenvalue weighted by Crippen LogP contribution is 2.28. The number of hydrogen-bond acceptors (Lipinski definition) is 2. The van der Waals surface area contributed by atoms with Crippen LogP contribution >= 0.6 is 0 Å². The lowest BCUT2D eigenvalue weighted by Crippen LogP contribution is -2.34. The monoisotopic (exact) mass is 310 g/mol. The smallest absolute Gasteiger partial charge is 0.365 e. The molecule has 0 aliphatic heterocycles. The molecule has 0 unspecified atom stereocenters. The molecule has 2 rings (SSSR count). The van der Waals surface area contributed by atoms with Crippen LogP contribution in [0.15, 0.2) is 41.2 Å². The van der Waals surface area contributed by atoms with Crippen LogP contribution in [0, 0.1) is 6.92 Å². The second kappa shape index (κ2) is 5.67. The lowest BCUT2D eigenvalue weighted by atomic mass is 10.1. The minimum atomic E-state index is -4.71. The minimum Gasteiger partial charge on any atom is -0.365 e. The minimum absolute atomic E-state index is 0.297. The second-order valence-corrected chi connectivity index (χ2v) is 4.87. The fourth-order valence-corrected chi connectivity index (χ4v) is 2.05. The standard InChI is InChI=1S/C15H13F3N2O2/c1-9-2-4-10(5-3-9)8-20-12(15(16,17)18)7-6-11(13(19)21)14(20)22/h2-7H,8H2,1H3,(H2,19,21). The number of amides is 1. The van der Waals surface area contributed by atoms with Crippen molar-refractivity contribution in [2.24, 2.45) is 5.73 Å². The molecule has 0 radical (unpaired) electrons. The maximum atomic E-state index is 13.1. The molecule has 0 saturated heterocycles. The van der Waals surface area contributed by atoms with Gasteiger partial charge in [-0.3, -0.25) is 14.2 Å². The first-order valence-electron chi connectivity index (χ1n) is 6.36. The van der Waals surface area contributed by atoms with Crippen LogP contribution in [0.5, 0.6) is 0 Å².